The third-order valence-corrected chi connectivity index (χ3v) is 2.45. The maximum atomic E-state index is 12.1. The number of carbonyl (C=O) groups excluding carboxylic acids is 2. The summed E-state index contributed by atoms with van der Waals surface area (Å²) in [6.45, 7) is 1.85. The van der Waals surface area contributed by atoms with Crippen LogP contribution < -0.4 is 10.5 Å². The Hall–Kier alpha value is -2.24. The summed E-state index contributed by atoms with van der Waals surface area (Å²) in [6.07, 6.45) is 0. The monoisotopic (exact) mass is 252 g/mol. The minimum atomic E-state index is -0.604. The van der Waals surface area contributed by atoms with Crippen molar-refractivity contribution in [2.24, 2.45) is 5.73 Å². The topological polar surface area (TPSA) is 92.9 Å². The maximum absolute atomic E-state index is 12.1. The number of likely N-dealkylation sites (N-methyl/N-ethyl adjacent to an activating group) is 1. The van der Waals surface area contributed by atoms with Gasteiger partial charge >= 0.3 is 0 Å². The van der Waals surface area contributed by atoms with Gasteiger partial charge in [0.2, 0.25) is 5.91 Å². The lowest BCUT2D eigenvalue weighted by Crippen LogP contribution is -2.38. The smallest absolute Gasteiger partial charge is 0.258 e. The fourth-order valence-electron chi connectivity index (χ4n) is 1.50. The van der Waals surface area contributed by atoms with Crippen LogP contribution in [0.2, 0.25) is 0 Å². The van der Waals surface area contributed by atoms with E-state index < -0.39 is 11.8 Å². The van der Waals surface area contributed by atoms with Crippen LogP contribution in [0.4, 0.5) is 0 Å². The summed E-state index contributed by atoms with van der Waals surface area (Å²) < 4.78 is 4.98. The van der Waals surface area contributed by atoms with Crippen molar-refractivity contribution in [1.29, 1.82) is 0 Å². The van der Waals surface area contributed by atoms with Crippen molar-refractivity contribution in [3.63, 3.8) is 0 Å². The fraction of sp³-hybridized carbons (Fsp3) is 0.333. The standard InChI is InChI=1S/C12H16N2O4/c1-3-14(7-11(13)16)12(17)9-6-8(18-2)4-5-10(9)15/h4-6,15H,3,7H2,1-2H3,(H2,13,16). The van der Waals surface area contributed by atoms with Crippen molar-refractivity contribution in [2.45, 2.75) is 6.92 Å². The maximum Gasteiger partial charge on any atom is 0.258 e. The molecule has 1 aromatic carbocycles. The van der Waals surface area contributed by atoms with E-state index in [9.17, 15) is 14.7 Å². The second kappa shape index (κ2) is 5.90. The van der Waals surface area contributed by atoms with E-state index in [1.165, 1.54) is 30.2 Å². The molecule has 0 spiro atoms. The summed E-state index contributed by atoms with van der Waals surface area (Å²) in [5, 5.41) is 9.66. The van der Waals surface area contributed by atoms with Crippen molar-refractivity contribution in [3.8, 4) is 11.5 Å². The first kappa shape index (κ1) is 13.8. The highest BCUT2D eigenvalue weighted by molar-refractivity contribution is 5.98. The third kappa shape index (κ3) is 3.13. The highest BCUT2D eigenvalue weighted by atomic mass is 16.5. The van der Waals surface area contributed by atoms with Gasteiger partial charge in [0, 0.05) is 6.54 Å². The number of amides is 2. The van der Waals surface area contributed by atoms with Gasteiger partial charge in [-0.25, -0.2) is 0 Å². The molecular formula is C12H16N2O4. The molecule has 0 aromatic heterocycles. The molecule has 0 saturated carbocycles. The Balaban J connectivity index is 3.04. The number of phenols is 1. The van der Waals surface area contributed by atoms with Gasteiger partial charge < -0.3 is 20.5 Å². The van der Waals surface area contributed by atoms with Gasteiger partial charge in [-0.15, -0.1) is 0 Å². The molecule has 3 N–H and O–H groups in total. The molecule has 6 heteroatoms. The molecule has 0 aliphatic carbocycles. The lowest BCUT2D eigenvalue weighted by atomic mass is 10.1. The first-order valence-corrected chi connectivity index (χ1v) is 5.44. The Morgan fingerprint density at radius 2 is 2.11 bits per heavy atom. The van der Waals surface area contributed by atoms with Gasteiger partial charge in [0.05, 0.1) is 19.2 Å². The zero-order valence-electron chi connectivity index (χ0n) is 10.3. The molecule has 98 valence electrons. The van der Waals surface area contributed by atoms with E-state index in [-0.39, 0.29) is 17.9 Å². The molecule has 0 saturated heterocycles. The summed E-state index contributed by atoms with van der Waals surface area (Å²) in [7, 11) is 1.46. The van der Waals surface area contributed by atoms with Crippen LogP contribution in [0.1, 0.15) is 17.3 Å². The van der Waals surface area contributed by atoms with Crippen LogP contribution in [0.5, 0.6) is 11.5 Å². The van der Waals surface area contributed by atoms with E-state index in [1.54, 1.807) is 6.92 Å². The number of methoxy groups -OCH3 is 1. The number of hydrogen-bond acceptors (Lipinski definition) is 4. The Morgan fingerprint density at radius 1 is 1.44 bits per heavy atom. The largest absolute Gasteiger partial charge is 0.507 e. The fourth-order valence-corrected chi connectivity index (χ4v) is 1.50. The van der Waals surface area contributed by atoms with E-state index in [1.807, 2.05) is 0 Å². The first-order chi connectivity index (χ1) is 8.49. The van der Waals surface area contributed by atoms with Crippen LogP contribution in [0, 0.1) is 0 Å². The van der Waals surface area contributed by atoms with Crippen LogP contribution in [0.15, 0.2) is 18.2 Å². The Kier molecular flexibility index (Phi) is 4.53. The van der Waals surface area contributed by atoms with Crippen LogP contribution in [-0.2, 0) is 4.79 Å². The van der Waals surface area contributed by atoms with Crippen LogP contribution >= 0.6 is 0 Å². The van der Waals surface area contributed by atoms with Gasteiger partial charge in [0.25, 0.3) is 5.91 Å². The molecule has 0 heterocycles. The van der Waals surface area contributed by atoms with Crippen molar-refractivity contribution in [1.82, 2.24) is 4.90 Å². The summed E-state index contributed by atoms with van der Waals surface area (Å²) >= 11 is 0. The number of nitrogens with zero attached hydrogens (tertiary/aromatic N) is 1. The van der Waals surface area contributed by atoms with Gasteiger partial charge in [-0.3, -0.25) is 9.59 Å². The number of aromatic hydroxyl groups is 1. The van der Waals surface area contributed by atoms with E-state index >= 15 is 0 Å². The number of primary amides is 1. The molecule has 0 atom stereocenters. The summed E-state index contributed by atoms with van der Waals surface area (Å²) in [5.74, 6) is -0.782. The molecule has 0 radical (unpaired) electrons. The van der Waals surface area contributed by atoms with E-state index in [4.69, 9.17) is 10.5 Å². The number of carbonyl (C=O) groups is 2. The predicted octanol–water partition coefficient (Wildman–Crippen LogP) is 0.348. The molecule has 0 fully saturated rings. The lowest BCUT2D eigenvalue weighted by Gasteiger charge is -2.19. The lowest BCUT2D eigenvalue weighted by molar-refractivity contribution is -0.118. The first-order valence-electron chi connectivity index (χ1n) is 5.44. The van der Waals surface area contributed by atoms with Crippen LogP contribution in [0.25, 0.3) is 0 Å². The highest BCUT2D eigenvalue weighted by Gasteiger charge is 2.19. The summed E-state index contributed by atoms with van der Waals surface area (Å²) in [5.41, 5.74) is 5.14. The van der Waals surface area contributed by atoms with Crippen LogP contribution in [-0.4, -0.2) is 42.0 Å². The Morgan fingerprint density at radius 3 is 2.61 bits per heavy atom. The average molecular weight is 252 g/mol. The number of hydrogen-bond donors (Lipinski definition) is 2. The van der Waals surface area contributed by atoms with Crippen LogP contribution in [0.3, 0.4) is 0 Å². The molecule has 0 aliphatic heterocycles. The van der Waals surface area contributed by atoms with Gasteiger partial charge in [0.1, 0.15) is 11.5 Å². The summed E-state index contributed by atoms with van der Waals surface area (Å²) in [4.78, 5) is 24.2. The second-order valence-electron chi connectivity index (χ2n) is 3.67. The SMILES string of the molecule is CCN(CC(N)=O)C(=O)c1cc(OC)ccc1O. The average Bonchev–Trinajstić information content (AvgIpc) is 2.35. The van der Waals surface area contributed by atoms with E-state index in [0.717, 1.165) is 0 Å². The number of rotatable bonds is 5. The number of nitrogens with two attached hydrogens (primary N) is 1. The third-order valence-electron chi connectivity index (χ3n) is 2.45. The van der Waals surface area contributed by atoms with E-state index in [0.29, 0.717) is 12.3 Å². The van der Waals surface area contributed by atoms with Gasteiger partial charge in [-0.05, 0) is 25.1 Å². The summed E-state index contributed by atoms with van der Waals surface area (Å²) in [6, 6.07) is 4.32. The molecule has 0 unspecified atom stereocenters. The van der Waals surface area contributed by atoms with Crippen molar-refractivity contribution in [3.05, 3.63) is 23.8 Å². The van der Waals surface area contributed by atoms with Crippen molar-refractivity contribution >= 4 is 11.8 Å². The molecule has 2 amide bonds. The second-order valence-corrected chi connectivity index (χ2v) is 3.67. The number of phenolic OH excluding ortho intramolecular Hbond substituents is 1. The molecular weight excluding hydrogens is 236 g/mol. The van der Waals surface area contributed by atoms with Gasteiger partial charge in [-0.2, -0.15) is 0 Å². The molecule has 18 heavy (non-hydrogen) atoms. The highest BCUT2D eigenvalue weighted by Crippen LogP contribution is 2.24. The zero-order chi connectivity index (χ0) is 13.7. The molecule has 0 aliphatic rings. The Bertz CT molecular complexity index is 459. The van der Waals surface area contributed by atoms with Crippen molar-refractivity contribution < 1.29 is 19.4 Å². The zero-order valence-corrected chi connectivity index (χ0v) is 10.3. The normalized spacial score (nSPS) is 9.89. The van der Waals surface area contributed by atoms with Gasteiger partial charge in [0.15, 0.2) is 0 Å². The quantitative estimate of drug-likeness (QED) is 0.790. The van der Waals surface area contributed by atoms with Crippen molar-refractivity contribution in [2.75, 3.05) is 20.2 Å². The number of benzene rings is 1. The minimum absolute atomic E-state index is 0.0810. The molecule has 0 bridgehead atoms. The molecule has 1 aromatic rings. The van der Waals surface area contributed by atoms with Gasteiger partial charge in [-0.1, -0.05) is 0 Å². The Labute approximate surface area is 105 Å². The number of ether oxygens (including phenoxy) is 1. The minimum Gasteiger partial charge on any atom is -0.507 e. The molecule has 6 nitrogen and oxygen atoms in total. The van der Waals surface area contributed by atoms with E-state index in [2.05, 4.69) is 0 Å². The molecule has 1 rings (SSSR count). The predicted molar refractivity (Wildman–Crippen MR) is 65.4 cm³/mol.